The Morgan fingerprint density at radius 1 is 1.07 bits per heavy atom. The van der Waals surface area contributed by atoms with E-state index < -0.39 is 21.7 Å². The van der Waals surface area contributed by atoms with Gasteiger partial charge in [0.05, 0.1) is 23.9 Å². The fraction of sp³-hybridized carbons (Fsp3) is 0.278. The summed E-state index contributed by atoms with van der Waals surface area (Å²) in [6.45, 7) is 1.30. The molecule has 1 aliphatic rings. The standard InChI is InChI=1S/C18H17F2NO4S2/c19-14-3-6-18(16(20)11-14)26-12-17(22)13-1-4-15(5-2-13)27(23,24)21-7-9-25-10-8-21/h1-6,11H,7-10,12H2. The van der Waals surface area contributed by atoms with E-state index in [4.69, 9.17) is 4.74 Å². The van der Waals surface area contributed by atoms with Gasteiger partial charge < -0.3 is 4.74 Å². The van der Waals surface area contributed by atoms with E-state index in [1.807, 2.05) is 0 Å². The zero-order valence-electron chi connectivity index (χ0n) is 14.2. The van der Waals surface area contributed by atoms with Crippen molar-refractivity contribution in [3.8, 4) is 0 Å². The van der Waals surface area contributed by atoms with Crippen molar-refractivity contribution in [1.82, 2.24) is 4.31 Å². The molecule has 0 aromatic heterocycles. The van der Waals surface area contributed by atoms with E-state index in [0.717, 1.165) is 23.9 Å². The van der Waals surface area contributed by atoms with Gasteiger partial charge in [0.15, 0.2) is 5.78 Å². The van der Waals surface area contributed by atoms with Gasteiger partial charge >= 0.3 is 0 Å². The molecule has 2 aromatic carbocycles. The highest BCUT2D eigenvalue weighted by Gasteiger charge is 2.26. The molecule has 0 amide bonds. The number of thioether (sulfide) groups is 1. The molecule has 1 heterocycles. The summed E-state index contributed by atoms with van der Waals surface area (Å²) in [6.07, 6.45) is 0. The Morgan fingerprint density at radius 2 is 1.74 bits per heavy atom. The van der Waals surface area contributed by atoms with Crippen molar-refractivity contribution >= 4 is 27.6 Å². The number of benzene rings is 2. The minimum atomic E-state index is -3.62. The highest BCUT2D eigenvalue weighted by Crippen LogP contribution is 2.24. The summed E-state index contributed by atoms with van der Waals surface area (Å²) < 4.78 is 58.1. The van der Waals surface area contributed by atoms with Gasteiger partial charge in [-0.3, -0.25) is 4.79 Å². The highest BCUT2D eigenvalue weighted by atomic mass is 32.2. The van der Waals surface area contributed by atoms with Crippen LogP contribution in [0.5, 0.6) is 0 Å². The van der Waals surface area contributed by atoms with Crippen LogP contribution in [0.2, 0.25) is 0 Å². The Labute approximate surface area is 160 Å². The molecule has 9 heteroatoms. The lowest BCUT2D eigenvalue weighted by Crippen LogP contribution is -2.40. The zero-order chi connectivity index (χ0) is 19.4. The van der Waals surface area contributed by atoms with Crippen LogP contribution in [0.1, 0.15) is 10.4 Å². The third kappa shape index (κ3) is 4.73. The monoisotopic (exact) mass is 413 g/mol. The maximum absolute atomic E-state index is 13.6. The predicted octanol–water partition coefficient (Wildman–Crippen LogP) is 2.96. The van der Waals surface area contributed by atoms with Crippen molar-refractivity contribution in [2.75, 3.05) is 32.1 Å². The SMILES string of the molecule is O=C(CSc1ccc(F)cc1F)c1ccc(S(=O)(=O)N2CCOCC2)cc1. The Hall–Kier alpha value is -1.81. The van der Waals surface area contributed by atoms with Crippen LogP contribution in [-0.4, -0.2) is 50.6 Å². The summed E-state index contributed by atoms with van der Waals surface area (Å²) in [5.74, 6) is -1.72. The van der Waals surface area contributed by atoms with Crippen LogP contribution in [0.4, 0.5) is 8.78 Å². The third-order valence-electron chi connectivity index (χ3n) is 4.04. The van der Waals surface area contributed by atoms with Crippen LogP contribution in [0.15, 0.2) is 52.3 Å². The van der Waals surface area contributed by atoms with E-state index >= 15 is 0 Å². The van der Waals surface area contributed by atoms with Crippen molar-refractivity contribution in [2.45, 2.75) is 9.79 Å². The number of rotatable bonds is 6. The van der Waals surface area contributed by atoms with Crippen LogP contribution in [0.3, 0.4) is 0 Å². The van der Waals surface area contributed by atoms with Gasteiger partial charge in [0, 0.05) is 29.6 Å². The Balaban J connectivity index is 1.66. The quantitative estimate of drug-likeness (QED) is 0.538. The van der Waals surface area contributed by atoms with Crippen molar-refractivity contribution < 1.29 is 26.7 Å². The van der Waals surface area contributed by atoms with Gasteiger partial charge in [0.1, 0.15) is 11.6 Å². The Morgan fingerprint density at radius 3 is 2.37 bits per heavy atom. The predicted molar refractivity (Wildman–Crippen MR) is 97.4 cm³/mol. The summed E-state index contributed by atoms with van der Waals surface area (Å²) in [7, 11) is -3.62. The third-order valence-corrected chi connectivity index (χ3v) is 7.00. The van der Waals surface area contributed by atoms with Crippen LogP contribution in [0.25, 0.3) is 0 Å². The molecule has 27 heavy (non-hydrogen) atoms. The van der Waals surface area contributed by atoms with Gasteiger partial charge in [-0.1, -0.05) is 12.1 Å². The van der Waals surface area contributed by atoms with E-state index in [2.05, 4.69) is 0 Å². The van der Waals surface area contributed by atoms with E-state index in [1.165, 1.54) is 34.6 Å². The molecule has 144 valence electrons. The molecule has 0 bridgehead atoms. The normalized spacial score (nSPS) is 15.6. The Kier molecular flexibility index (Phi) is 6.25. The summed E-state index contributed by atoms with van der Waals surface area (Å²) in [6, 6.07) is 8.83. The van der Waals surface area contributed by atoms with Crippen LogP contribution < -0.4 is 0 Å². The van der Waals surface area contributed by atoms with Gasteiger partial charge in [-0.15, -0.1) is 11.8 Å². The molecule has 1 saturated heterocycles. The zero-order valence-corrected chi connectivity index (χ0v) is 15.9. The summed E-state index contributed by atoms with van der Waals surface area (Å²) in [5, 5.41) is 0. The number of morpholine rings is 1. The van der Waals surface area contributed by atoms with Crippen molar-refractivity contribution in [1.29, 1.82) is 0 Å². The molecule has 0 aliphatic carbocycles. The van der Waals surface area contributed by atoms with Gasteiger partial charge in [-0.05, 0) is 24.3 Å². The van der Waals surface area contributed by atoms with Crippen LogP contribution >= 0.6 is 11.8 Å². The highest BCUT2D eigenvalue weighted by molar-refractivity contribution is 8.00. The molecule has 0 radical (unpaired) electrons. The second-order valence-corrected chi connectivity index (χ2v) is 8.78. The van der Waals surface area contributed by atoms with E-state index in [-0.39, 0.29) is 21.3 Å². The molecule has 2 aromatic rings. The summed E-state index contributed by atoms with van der Waals surface area (Å²) >= 11 is 0.960. The van der Waals surface area contributed by atoms with Gasteiger partial charge in [-0.25, -0.2) is 17.2 Å². The largest absolute Gasteiger partial charge is 0.379 e. The minimum Gasteiger partial charge on any atom is -0.379 e. The molecule has 0 spiro atoms. The fourth-order valence-electron chi connectivity index (χ4n) is 2.57. The molecule has 0 N–H and O–H groups in total. The number of hydrogen-bond acceptors (Lipinski definition) is 5. The molecule has 0 unspecified atom stereocenters. The first kappa shape index (κ1) is 19.9. The van der Waals surface area contributed by atoms with E-state index in [9.17, 15) is 22.0 Å². The van der Waals surface area contributed by atoms with Crippen LogP contribution in [-0.2, 0) is 14.8 Å². The van der Waals surface area contributed by atoms with Crippen LogP contribution in [0, 0.1) is 11.6 Å². The maximum atomic E-state index is 13.6. The molecule has 0 atom stereocenters. The number of ether oxygens (including phenoxy) is 1. The van der Waals surface area contributed by atoms with E-state index in [1.54, 1.807) is 0 Å². The lowest BCUT2D eigenvalue weighted by Gasteiger charge is -2.26. The molecule has 0 saturated carbocycles. The van der Waals surface area contributed by atoms with Crippen molar-refractivity contribution in [2.24, 2.45) is 0 Å². The summed E-state index contributed by atoms with van der Waals surface area (Å²) in [5.41, 5.74) is 0.325. The van der Waals surface area contributed by atoms with Crippen molar-refractivity contribution in [3.05, 3.63) is 59.7 Å². The number of ketones is 1. The minimum absolute atomic E-state index is 0.0435. The average Bonchev–Trinajstić information content (AvgIpc) is 2.68. The molecule has 5 nitrogen and oxygen atoms in total. The van der Waals surface area contributed by atoms with Crippen molar-refractivity contribution in [3.63, 3.8) is 0 Å². The maximum Gasteiger partial charge on any atom is 0.243 e. The molecule has 1 aliphatic heterocycles. The first-order chi connectivity index (χ1) is 12.9. The number of hydrogen-bond donors (Lipinski definition) is 0. The molecular formula is C18H17F2NO4S2. The average molecular weight is 413 g/mol. The first-order valence-electron chi connectivity index (χ1n) is 8.17. The number of halogens is 2. The lowest BCUT2D eigenvalue weighted by molar-refractivity contribution is 0.0730. The molecule has 3 rings (SSSR count). The Bertz CT molecular complexity index is 927. The second kappa shape index (κ2) is 8.47. The lowest BCUT2D eigenvalue weighted by atomic mass is 10.1. The van der Waals surface area contributed by atoms with Gasteiger partial charge in [-0.2, -0.15) is 4.31 Å². The number of carbonyl (C=O) groups excluding carboxylic acids is 1. The first-order valence-corrected chi connectivity index (χ1v) is 10.6. The molecule has 1 fully saturated rings. The number of carbonyl (C=O) groups is 1. The summed E-state index contributed by atoms with van der Waals surface area (Å²) in [4.78, 5) is 12.6. The second-order valence-electron chi connectivity index (χ2n) is 5.83. The van der Waals surface area contributed by atoms with Gasteiger partial charge in [0.25, 0.3) is 0 Å². The fourth-order valence-corrected chi connectivity index (χ4v) is 4.79. The van der Waals surface area contributed by atoms with Gasteiger partial charge in [0.2, 0.25) is 10.0 Å². The smallest absolute Gasteiger partial charge is 0.243 e. The molecular weight excluding hydrogens is 396 g/mol. The topological polar surface area (TPSA) is 63.7 Å². The van der Waals surface area contributed by atoms with E-state index in [0.29, 0.717) is 31.9 Å². The number of nitrogens with zero attached hydrogens (tertiary/aromatic N) is 1. The number of sulfonamides is 1. The number of Topliss-reactive ketones (excluding diaryl/α,β-unsaturated/α-hetero) is 1.